The van der Waals surface area contributed by atoms with Crippen molar-refractivity contribution in [1.82, 2.24) is 15.2 Å². The zero-order chi connectivity index (χ0) is 22.0. The lowest BCUT2D eigenvalue weighted by atomic mass is 9.95. The molecule has 0 aliphatic carbocycles. The van der Waals surface area contributed by atoms with E-state index in [1.54, 1.807) is 7.11 Å². The molecule has 2 amide bonds. The second-order valence-electron chi connectivity index (χ2n) is 8.50. The van der Waals surface area contributed by atoms with Crippen LogP contribution in [0.15, 0.2) is 36.5 Å². The van der Waals surface area contributed by atoms with E-state index in [1.807, 2.05) is 42.3 Å². The van der Waals surface area contributed by atoms with Crippen molar-refractivity contribution >= 4 is 30.0 Å². The van der Waals surface area contributed by atoms with Crippen LogP contribution in [0.1, 0.15) is 39.4 Å². The van der Waals surface area contributed by atoms with E-state index in [9.17, 15) is 9.59 Å². The number of hydrogen-bond donors (Lipinski definition) is 1. The third-order valence-electron chi connectivity index (χ3n) is 6.16. The number of carbonyl (C=O) groups is 2. The molecular formula is C24H31ClN4O3. The van der Waals surface area contributed by atoms with Crippen molar-refractivity contribution < 1.29 is 14.3 Å². The van der Waals surface area contributed by atoms with Crippen LogP contribution in [0.4, 0.5) is 5.82 Å². The maximum Gasteiger partial charge on any atom is 0.253 e. The van der Waals surface area contributed by atoms with Gasteiger partial charge in [-0.05, 0) is 49.1 Å². The Hall–Kier alpha value is -2.64. The molecule has 2 fully saturated rings. The summed E-state index contributed by atoms with van der Waals surface area (Å²) in [6.45, 7) is 7.51. The average molecular weight is 459 g/mol. The molecule has 1 aromatic heterocycles. The number of rotatable bonds is 5. The normalized spacial score (nSPS) is 20.7. The van der Waals surface area contributed by atoms with Gasteiger partial charge < -0.3 is 19.9 Å². The van der Waals surface area contributed by atoms with Crippen LogP contribution < -0.4 is 10.2 Å². The Labute approximate surface area is 195 Å². The number of hydrogen-bond acceptors (Lipinski definition) is 5. The van der Waals surface area contributed by atoms with Gasteiger partial charge in [0.15, 0.2) is 0 Å². The van der Waals surface area contributed by atoms with Gasteiger partial charge in [-0.25, -0.2) is 4.98 Å². The van der Waals surface area contributed by atoms with Crippen molar-refractivity contribution in [3.63, 3.8) is 0 Å². The van der Waals surface area contributed by atoms with Crippen LogP contribution in [-0.2, 0) is 9.53 Å². The van der Waals surface area contributed by atoms with Crippen LogP contribution in [0.25, 0.3) is 0 Å². The zero-order valence-corrected chi connectivity index (χ0v) is 19.7. The summed E-state index contributed by atoms with van der Waals surface area (Å²) < 4.78 is 5.15. The van der Waals surface area contributed by atoms with Gasteiger partial charge in [-0.2, -0.15) is 0 Å². The minimum Gasteiger partial charge on any atom is -0.383 e. The number of methoxy groups -OCH3 is 1. The van der Waals surface area contributed by atoms with Crippen LogP contribution in [-0.4, -0.2) is 67.6 Å². The van der Waals surface area contributed by atoms with E-state index in [2.05, 4.69) is 28.2 Å². The van der Waals surface area contributed by atoms with Crippen LogP contribution in [0.3, 0.4) is 0 Å². The summed E-state index contributed by atoms with van der Waals surface area (Å²) in [5, 5.41) is 2.97. The minimum atomic E-state index is -0.182. The predicted molar refractivity (Wildman–Crippen MR) is 127 cm³/mol. The Morgan fingerprint density at radius 1 is 1.16 bits per heavy atom. The molecule has 4 rings (SSSR count). The van der Waals surface area contributed by atoms with E-state index in [4.69, 9.17) is 4.74 Å². The molecule has 7 nitrogen and oxygen atoms in total. The second-order valence-corrected chi connectivity index (χ2v) is 8.50. The number of anilines is 1. The number of pyridine rings is 1. The van der Waals surface area contributed by atoms with Gasteiger partial charge >= 0.3 is 0 Å². The molecule has 1 N–H and O–H groups in total. The Morgan fingerprint density at radius 3 is 2.47 bits per heavy atom. The summed E-state index contributed by atoms with van der Waals surface area (Å²) >= 11 is 0. The third-order valence-corrected chi connectivity index (χ3v) is 6.16. The lowest BCUT2D eigenvalue weighted by Crippen LogP contribution is -2.49. The number of nitrogens with zero attached hydrogens (tertiary/aromatic N) is 3. The summed E-state index contributed by atoms with van der Waals surface area (Å²) in [4.78, 5) is 34.0. The highest BCUT2D eigenvalue weighted by molar-refractivity contribution is 5.94. The standard InChI is InChI=1S/C24H30N4O3.ClH/c1-16-12-17(2)22(25-14-16)27-8-10-28(11-9-27)24(30)19-6-4-18(5-7-19)21-13-20(15-31-3)26-23(21)29;/h4-7,12,14,20-21H,8-11,13,15H2,1-3H3,(H,26,29);1H. The number of nitrogens with one attached hydrogen (secondary N) is 1. The molecule has 0 saturated carbocycles. The first-order valence-corrected chi connectivity index (χ1v) is 10.8. The molecule has 2 aromatic rings. The molecule has 2 unspecified atom stereocenters. The van der Waals surface area contributed by atoms with Gasteiger partial charge in [-0.1, -0.05) is 18.2 Å². The monoisotopic (exact) mass is 458 g/mol. The number of halogens is 1. The molecule has 2 aliphatic rings. The van der Waals surface area contributed by atoms with Crippen LogP contribution in [0, 0.1) is 13.8 Å². The van der Waals surface area contributed by atoms with Crippen LogP contribution in [0.5, 0.6) is 0 Å². The minimum absolute atomic E-state index is 0. The third kappa shape index (κ3) is 5.05. The van der Waals surface area contributed by atoms with Gasteiger partial charge in [0.2, 0.25) is 5.91 Å². The molecule has 2 saturated heterocycles. The van der Waals surface area contributed by atoms with Gasteiger partial charge in [0.1, 0.15) is 5.82 Å². The topological polar surface area (TPSA) is 74.8 Å². The molecule has 2 aliphatic heterocycles. The van der Waals surface area contributed by atoms with E-state index < -0.39 is 0 Å². The van der Waals surface area contributed by atoms with E-state index in [0.717, 1.165) is 30.0 Å². The first kappa shape index (κ1) is 24.0. The fourth-order valence-electron chi connectivity index (χ4n) is 4.55. The quantitative estimate of drug-likeness (QED) is 0.745. The van der Waals surface area contributed by atoms with Crippen molar-refractivity contribution in [1.29, 1.82) is 0 Å². The summed E-state index contributed by atoms with van der Waals surface area (Å²) in [6, 6.07) is 9.68. The molecule has 0 bridgehead atoms. The van der Waals surface area contributed by atoms with E-state index in [1.165, 1.54) is 5.56 Å². The number of aromatic nitrogens is 1. The van der Waals surface area contributed by atoms with Gasteiger partial charge in [-0.15, -0.1) is 12.4 Å². The van der Waals surface area contributed by atoms with E-state index in [0.29, 0.717) is 31.7 Å². The molecule has 0 spiro atoms. The summed E-state index contributed by atoms with van der Waals surface area (Å²) in [5.41, 5.74) is 3.92. The molecule has 3 heterocycles. The van der Waals surface area contributed by atoms with Crippen molar-refractivity contribution in [3.05, 3.63) is 58.8 Å². The molecule has 1 aromatic carbocycles. The SMILES string of the molecule is COCC1CC(c2ccc(C(=O)N3CCN(c4ncc(C)cc4C)CC3)cc2)C(=O)N1.Cl. The van der Waals surface area contributed by atoms with E-state index in [-0.39, 0.29) is 36.2 Å². The Kier molecular flexibility index (Phi) is 7.74. The highest BCUT2D eigenvalue weighted by Crippen LogP contribution is 2.27. The fraction of sp³-hybridized carbons (Fsp3) is 0.458. The number of piperazine rings is 1. The van der Waals surface area contributed by atoms with Crippen LogP contribution in [0.2, 0.25) is 0 Å². The Morgan fingerprint density at radius 2 is 1.84 bits per heavy atom. The van der Waals surface area contributed by atoms with Gasteiger partial charge in [0.25, 0.3) is 5.91 Å². The van der Waals surface area contributed by atoms with Crippen molar-refractivity contribution in [2.24, 2.45) is 0 Å². The summed E-state index contributed by atoms with van der Waals surface area (Å²) in [5.74, 6) is 0.881. The lowest BCUT2D eigenvalue weighted by Gasteiger charge is -2.36. The zero-order valence-electron chi connectivity index (χ0n) is 18.8. The molecule has 2 atom stereocenters. The summed E-state index contributed by atoms with van der Waals surface area (Å²) in [7, 11) is 1.64. The van der Waals surface area contributed by atoms with E-state index >= 15 is 0 Å². The molecule has 0 radical (unpaired) electrons. The molecular weight excluding hydrogens is 428 g/mol. The maximum absolute atomic E-state index is 13.0. The highest BCUT2D eigenvalue weighted by Gasteiger charge is 2.33. The Balaban J connectivity index is 0.00000289. The largest absolute Gasteiger partial charge is 0.383 e. The average Bonchev–Trinajstić information content (AvgIpc) is 3.14. The highest BCUT2D eigenvalue weighted by atomic mass is 35.5. The van der Waals surface area contributed by atoms with Crippen LogP contribution >= 0.6 is 12.4 Å². The molecule has 172 valence electrons. The number of amides is 2. The Bertz CT molecular complexity index is 958. The predicted octanol–water partition coefficient (Wildman–Crippen LogP) is 2.70. The van der Waals surface area contributed by atoms with Gasteiger partial charge in [0.05, 0.1) is 18.6 Å². The lowest BCUT2D eigenvalue weighted by molar-refractivity contribution is -0.120. The molecule has 8 heteroatoms. The van der Waals surface area contributed by atoms with Crippen molar-refractivity contribution in [2.45, 2.75) is 32.2 Å². The van der Waals surface area contributed by atoms with Crippen molar-refractivity contribution in [3.8, 4) is 0 Å². The number of carbonyl (C=O) groups excluding carboxylic acids is 2. The number of ether oxygens (including phenoxy) is 1. The van der Waals surface area contributed by atoms with Gasteiger partial charge in [0, 0.05) is 45.0 Å². The fourth-order valence-corrected chi connectivity index (χ4v) is 4.55. The first-order chi connectivity index (χ1) is 15.0. The molecule has 32 heavy (non-hydrogen) atoms. The number of aryl methyl sites for hydroxylation is 2. The maximum atomic E-state index is 13.0. The first-order valence-electron chi connectivity index (χ1n) is 10.8. The second kappa shape index (κ2) is 10.3. The van der Waals surface area contributed by atoms with Crippen molar-refractivity contribution in [2.75, 3.05) is 44.8 Å². The smallest absolute Gasteiger partial charge is 0.253 e. The van der Waals surface area contributed by atoms with Gasteiger partial charge in [-0.3, -0.25) is 9.59 Å². The summed E-state index contributed by atoms with van der Waals surface area (Å²) in [6.07, 6.45) is 2.61. The number of benzene rings is 1.